The first-order valence-corrected chi connectivity index (χ1v) is 4.39. The molecular weight excluding hydrogens is 188 g/mol. The molecule has 0 spiro atoms. The summed E-state index contributed by atoms with van der Waals surface area (Å²) in [4.78, 5) is 11.0. The van der Waals surface area contributed by atoms with Gasteiger partial charge in [0.05, 0.1) is 6.61 Å². The van der Waals surface area contributed by atoms with Gasteiger partial charge in [-0.25, -0.2) is 4.79 Å². The third-order valence-electron chi connectivity index (χ3n) is 1.37. The van der Waals surface area contributed by atoms with E-state index in [1.54, 1.807) is 13.8 Å². The number of aliphatic hydroxyl groups is 2. The van der Waals surface area contributed by atoms with Crippen LogP contribution in [0.25, 0.3) is 0 Å². The van der Waals surface area contributed by atoms with Gasteiger partial charge in [0, 0.05) is 12.7 Å². The maximum atomic E-state index is 11.0. The normalized spacial score (nSPS) is 15.4. The summed E-state index contributed by atoms with van der Waals surface area (Å²) in [5.41, 5.74) is 0. The van der Waals surface area contributed by atoms with Gasteiger partial charge in [0.1, 0.15) is 6.10 Å². The molecule has 0 aromatic rings. The molecule has 0 bridgehead atoms. The topological polar surface area (TPSA) is 76.0 Å². The summed E-state index contributed by atoms with van der Waals surface area (Å²) in [7, 11) is 0. The molecule has 2 unspecified atom stereocenters. The van der Waals surface area contributed by atoms with Crippen LogP contribution in [0.3, 0.4) is 0 Å². The minimum absolute atomic E-state index is 0.283. The van der Waals surface area contributed by atoms with Crippen LogP contribution in [0, 0.1) is 0 Å². The van der Waals surface area contributed by atoms with Crippen LogP contribution in [-0.2, 0) is 14.3 Å². The predicted octanol–water partition coefficient (Wildman–Crippen LogP) is -0.178. The molecule has 0 aliphatic carbocycles. The maximum Gasteiger partial charge on any atom is 0.332 e. The van der Waals surface area contributed by atoms with Crippen LogP contribution in [0.4, 0.5) is 0 Å². The van der Waals surface area contributed by atoms with E-state index >= 15 is 0 Å². The number of hydrogen-bond donors (Lipinski definition) is 2. The van der Waals surface area contributed by atoms with Gasteiger partial charge in [0.2, 0.25) is 6.29 Å². The van der Waals surface area contributed by atoms with Crippen molar-refractivity contribution < 1.29 is 24.5 Å². The minimum Gasteiger partial charge on any atom is -0.430 e. The number of carbonyl (C=O) groups excluding carboxylic acids is 1. The predicted molar refractivity (Wildman–Crippen MR) is 49.4 cm³/mol. The lowest BCUT2D eigenvalue weighted by Crippen LogP contribution is -2.36. The van der Waals surface area contributed by atoms with Crippen LogP contribution < -0.4 is 0 Å². The Morgan fingerprint density at radius 1 is 1.57 bits per heavy atom. The molecule has 0 amide bonds. The van der Waals surface area contributed by atoms with Crippen molar-refractivity contribution in [1.82, 2.24) is 0 Å². The molecule has 2 atom stereocenters. The number of esters is 1. The molecule has 14 heavy (non-hydrogen) atoms. The smallest absolute Gasteiger partial charge is 0.332 e. The highest BCUT2D eigenvalue weighted by Gasteiger charge is 2.21. The van der Waals surface area contributed by atoms with E-state index in [1.165, 1.54) is 12.2 Å². The number of ether oxygens (including phenoxy) is 2. The van der Waals surface area contributed by atoms with Crippen molar-refractivity contribution >= 4 is 5.97 Å². The van der Waals surface area contributed by atoms with Gasteiger partial charge in [0.25, 0.3) is 0 Å². The van der Waals surface area contributed by atoms with Crippen LogP contribution in [0.15, 0.2) is 12.2 Å². The van der Waals surface area contributed by atoms with E-state index in [1.807, 2.05) is 0 Å². The summed E-state index contributed by atoms with van der Waals surface area (Å²) in [6.07, 6.45) is 0.380. The third-order valence-corrected chi connectivity index (χ3v) is 1.37. The highest BCUT2D eigenvalue weighted by atomic mass is 16.7. The fourth-order valence-corrected chi connectivity index (χ4v) is 0.764. The van der Waals surface area contributed by atoms with Crippen LogP contribution in [0.1, 0.15) is 13.8 Å². The molecule has 0 aliphatic rings. The average Bonchev–Trinajstić information content (AvgIpc) is 2.16. The molecule has 0 rings (SSSR count). The van der Waals surface area contributed by atoms with Crippen LogP contribution >= 0.6 is 0 Å². The first kappa shape index (κ1) is 13.1. The number of aliphatic hydroxyl groups excluding tert-OH is 2. The van der Waals surface area contributed by atoms with Crippen LogP contribution in [-0.4, -0.2) is 41.8 Å². The highest BCUT2D eigenvalue weighted by molar-refractivity contribution is 5.81. The van der Waals surface area contributed by atoms with Crippen molar-refractivity contribution in [2.24, 2.45) is 0 Å². The Hall–Kier alpha value is -0.910. The summed E-state index contributed by atoms with van der Waals surface area (Å²) in [6.45, 7) is 3.12. The quantitative estimate of drug-likeness (QED) is 0.356. The fourth-order valence-electron chi connectivity index (χ4n) is 0.764. The van der Waals surface area contributed by atoms with Gasteiger partial charge in [0.15, 0.2) is 0 Å². The molecule has 0 aromatic carbocycles. The molecule has 5 heteroatoms. The Morgan fingerprint density at radius 2 is 2.21 bits per heavy atom. The zero-order chi connectivity index (χ0) is 11.0. The summed E-state index contributed by atoms with van der Waals surface area (Å²) < 4.78 is 9.65. The largest absolute Gasteiger partial charge is 0.430 e. The lowest BCUT2D eigenvalue weighted by Gasteiger charge is -2.20. The SMILES string of the molecule is CC=CC(=O)OC(OCC)C(O)CO. The van der Waals surface area contributed by atoms with Crippen molar-refractivity contribution in [3.8, 4) is 0 Å². The molecule has 0 radical (unpaired) electrons. The van der Waals surface area contributed by atoms with E-state index in [0.29, 0.717) is 0 Å². The van der Waals surface area contributed by atoms with E-state index < -0.39 is 25.0 Å². The van der Waals surface area contributed by atoms with Crippen LogP contribution in [0.2, 0.25) is 0 Å². The van der Waals surface area contributed by atoms with Gasteiger partial charge in [-0.3, -0.25) is 0 Å². The Bertz CT molecular complexity index is 190. The van der Waals surface area contributed by atoms with E-state index in [2.05, 4.69) is 0 Å². The van der Waals surface area contributed by atoms with Gasteiger partial charge in [-0.1, -0.05) is 6.08 Å². The lowest BCUT2D eigenvalue weighted by molar-refractivity contribution is -0.201. The third kappa shape index (κ3) is 4.96. The average molecular weight is 204 g/mol. The minimum atomic E-state index is -1.22. The summed E-state index contributed by atoms with van der Waals surface area (Å²) >= 11 is 0. The number of carbonyl (C=O) groups is 1. The zero-order valence-corrected chi connectivity index (χ0v) is 8.34. The summed E-state index contributed by atoms with van der Waals surface area (Å²) in [5, 5.41) is 17.8. The van der Waals surface area contributed by atoms with Crippen molar-refractivity contribution in [3.05, 3.63) is 12.2 Å². The Morgan fingerprint density at radius 3 is 2.64 bits per heavy atom. The number of rotatable bonds is 6. The molecule has 0 saturated heterocycles. The summed E-state index contributed by atoms with van der Waals surface area (Å²) in [5.74, 6) is -0.613. The molecular formula is C9H16O5. The monoisotopic (exact) mass is 204 g/mol. The molecule has 0 saturated carbocycles. The van der Waals surface area contributed by atoms with Crippen molar-refractivity contribution in [1.29, 1.82) is 0 Å². The lowest BCUT2D eigenvalue weighted by atomic mass is 10.3. The van der Waals surface area contributed by atoms with Crippen LogP contribution in [0.5, 0.6) is 0 Å². The first-order valence-electron chi connectivity index (χ1n) is 4.39. The summed E-state index contributed by atoms with van der Waals surface area (Å²) in [6, 6.07) is 0. The number of allylic oxidation sites excluding steroid dienone is 1. The molecule has 2 N–H and O–H groups in total. The van der Waals surface area contributed by atoms with E-state index in [9.17, 15) is 9.90 Å². The van der Waals surface area contributed by atoms with E-state index in [0.717, 1.165) is 0 Å². The molecule has 0 heterocycles. The van der Waals surface area contributed by atoms with Crippen molar-refractivity contribution in [2.75, 3.05) is 13.2 Å². The fraction of sp³-hybridized carbons (Fsp3) is 0.667. The molecule has 0 fully saturated rings. The number of hydrogen-bond acceptors (Lipinski definition) is 5. The van der Waals surface area contributed by atoms with Gasteiger partial charge in [-0.2, -0.15) is 0 Å². The zero-order valence-electron chi connectivity index (χ0n) is 8.34. The standard InChI is InChI=1S/C9H16O5/c1-3-5-8(12)14-9(13-4-2)7(11)6-10/h3,5,7,9-11H,4,6H2,1-2H3. The second kappa shape index (κ2) is 7.49. The van der Waals surface area contributed by atoms with Crippen molar-refractivity contribution in [3.63, 3.8) is 0 Å². The van der Waals surface area contributed by atoms with Crippen molar-refractivity contribution in [2.45, 2.75) is 26.2 Å². The second-order valence-electron chi connectivity index (χ2n) is 2.51. The molecule has 0 aliphatic heterocycles. The maximum absolute atomic E-state index is 11.0. The van der Waals surface area contributed by atoms with Gasteiger partial charge >= 0.3 is 5.97 Å². The van der Waals surface area contributed by atoms with E-state index in [4.69, 9.17) is 14.6 Å². The molecule has 82 valence electrons. The first-order chi connectivity index (χ1) is 6.65. The Kier molecular flexibility index (Phi) is 7.00. The molecule has 5 nitrogen and oxygen atoms in total. The highest BCUT2D eigenvalue weighted by Crippen LogP contribution is 2.02. The second-order valence-corrected chi connectivity index (χ2v) is 2.51. The Labute approximate surface area is 82.9 Å². The van der Waals surface area contributed by atoms with Gasteiger partial charge in [-0.15, -0.1) is 0 Å². The molecule has 0 aromatic heterocycles. The Balaban J connectivity index is 4.14. The van der Waals surface area contributed by atoms with E-state index in [-0.39, 0.29) is 6.61 Å². The van der Waals surface area contributed by atoms with Gasteiger partial charge < -0.3 is 19.7 Å². The van der Waals surface area contributed by atoms with Gasteiger partial charge in [-0.05, 0) is 13.8 Å².